The fourth-order valence-corrected chi connectivity index (χ4v) is 2.66. The molecule has 0 amide bonds. The normalized spacial score (nSPS) is 10.4. The number of thiophene rings is 1. The second kappa shape index (κ2) is 7.05. The summed E-state index contributed by atoms with van der Waals surface area (Å²) < 4.78 is 0. The third-order valence-electron chi connectivity index (χ3n) is 2.89. The standard InChI is InChI=1S/C15H18N2O2S/c1-2-4-12-9-11(15(18)19)10-14(17-12)16-7-6-13-5-3-8-20-13/h3,5,8-10H,2,4,6-7H2,1H3,(H,16,17)(H,18,19). The van der Waals surface area contributed by atoms with Gasteiger partial charge in [0.1, 0.15) is 5.82 Å². The van der Waals surface area contributed by atoms with E-state index in [1.807, 2.05) is 6.07 Å². The molecule has 0 aliphatic carbocycles. The van der Waals surface area contributed by atoms with E-state index in [-0.39, 0.29) is 0 Å². The van der Waals surface area contributed by atoms with Crippen LogP contribution < -0.4 is 5.32 Å². The summed E-state index contributed by atoms with van der Waals surface area (Å²) in [4.78, 5) is 16.9. The first-order valence-corrected chi connectivity index (χ1v) is 7.57. The van der Waals surface area contributed by atoms with Gasteiger partial charge in [0.2, 0.25) is 0 Å². The molecule has 2 aromatic heterocycles. The van der Waals surface area contributed by atoms with Crippen molar-refractivity contribution in [1.82, 2.24) is 4.98 Å². The second-order valence-corrected chi connectivity index (χ2v) is 5.58. The number of anilines is 1. The van der Waals surface area contributed by atoms with Gasteiger partial charge in [-0.1, -0.05) is 19.4 Å². The van der Waals surface area contributed by atoms with Crippen molar-refractivity contribution in [3.05, 3.63) is 45.8 Å². The van der Waals surface area contributed by atoms with Crippen LogP contribution in [0.5, 0.6) is 0 Å². The van der Waals surface area contributed by atoms with Crippen molar-refractivity contribution in [2.75, 3.05) is 11.9 Å². The fraction of sp³-hybridized carbons (Fsp3) is 0.333. The molecule has 0 radical (unpaired) electrons. The Hall–Kier alpha value is -1.88. The average molecular weight is 290 g/mol. The Bertz CT molecular complexity index is 567. The zero-order valence-corrected chi connectivity index (χ0v) is 12.2. The van der Waals surface area contributed by atoms with Crippen LogP contribution in [0.2, 0.25) is 0 Å². The van der Waals surface area contributed by atoms with E-state index in [1.165, 1.54) is 4.88 Å². The minimum atomic E-state index is -0.911. The average Bonchev–Trinajstić information content (AvgIpc) is 2.92. The van der Waals surface area contributed by atoms with E-state index in [0.717, 1.165) is 31.5 Å². The number of aromatic carboxylic acids is 1. The Morgan fingerprint density at radius 3 is 2.90 bits per heavy atom. The highest BCUT2D eigenvalue weighted by atomic mass is 32.1. The van der Waals surface area contributed by atoms with Crippen molar-refractivity contribution >= 4 is 23.1 Å². The number of aryl methyl sites for hydroxylation is 1. The summed E-state index contributed by atoms with van der Waals surface area (Å²) in [6.45, 7) is 2.81. The molecule has 0 aliphatic heterocycles. The summed E-state index contributed by atoms with van der Waals surface area (Å²) in [5.41, 5.74) is 1.12. The lowest BCUT2D eigenvalue weighted by molar-refractivity contribution is 0.0696. The van der Waals surface area contributed by atoms with Gasteiger partial charge in [-0.05, 0) is 36.4 Å². The highest BCUT2D eigenvalue weighted by Crippen LogP contribution is 2.14. The summed E-state index contributed by atoms with van der Waals surface area (Å²) in [5.74, 6) is -0.268. The smallest absolute Gasteiger partial charge is 0.335 e. The van der Waals surface area contributed by atoms with Crippen LogP contribution in [-0.4, -0.2) is 22.6 Å². The molecule has 4 nitrogen and oxygen atoms in total. The van der Waals surface area contributed by atoms with Gasteiger partial charge in [-0.2, -0.15) is 0 Å². The van der Waals surface area contributed by atoms with E-state index in [2.05, 4.69) is 28.7 Å². The number of carboxylic acid groups (broad SMARTS) is 1. The molecule has 0 aliphatic rings. The monoisotopic (exact) mass is 290 g/mol. The van der Waals surface area contributed by atoms with Crippen molar-refractivity contribution in [2.45, 2.75) is 26.2 Å². The number of hydrogen-bond donors (Lipinski definition) is 2. The first kappa shape index (κ1) is 14.5. The van der Waals surface area contributed by atoms with Gasteiger partial charge in [0.25, 0.3) is 0 Å². The zero-order valence-electron chi connectivity index (χ0n) is 11.4. The molecule has 2 aromatic rings. The molecule has 0 spiro atoms. The quantitative estimate of drug-likeness (QED) is 0.820. The largest absolute Gasteiger partial charge is 0.478 e. The zero-order chi connectivity index (χ0) is 14.4. The number of rotatable bonds is 7. The van der Waals surface area contributed by atoms with Gasteiger partial charge in [-0.25, -0.2) is 9.78 Å². The van der Waals surface area contributed by atoms with Gasteiger partial charge < -0.3 is 10.4 Å². The molecule has 20 heavy (non-hydrogen) atoms. The van der Waals surface area contributed by atoms with E-state index >= 15 is 0 Å². The number of aromatic nitrogens is 1. The molecule has 2 heterocycles. The van der Waals surface area contributed by atoms with Crippen LogP contribution in [0.4, 0.5) is 5.82 Å². The lowest BCUT2D eigenvalue weighted by atomic mass is 10.1. The molecular formula is C15H18N2O2S. The fourth-order valence-electron chi connectivity index (χ4n) is 1.95. The van der Waals surface area contributed by atoms with Crippen molar-refractivity contribution in [3.8, 4) is 0 Å². The maximum atomic E-state index is 11.1. The first-order valence-electron chi connectivity index (χ1n) is 6.69. The van der Waals surface area contributed by atoms with Crippen LogP contribution in [0.25, 0.3) is 0 Å². The highest BCUT2D eigenvalue weighted by molar-refractivity contribution is 7.09. The highest BCUT2D eigenvalue weighted by Gasteiger charge is 2.08. The van der Waals surface area contributed by atoms with Gasteiger partial charge in [0, 0.05) is 17.1 Å². The number of carbonyl (C=O) groups is 1. The molecule has 0 fully saturated rings. The molecule has 2 N–H and O–H groups in total. The summed E-state index contributed by atoms with van der Waals surface area (Å²) >= 11 is 1.72. The number of hydrogen-bond acceptors (Lipinski definition) is 4. The maximum absolute atomic E-state index is 11.1. The molecule has 5 heteroatoms. The predicted molar refractivity (Wildman–Crippen MR) is 81.7 cm³/mol. The molecule has 0 atom stereocenters. The Balaban J connectivity index is 2.03. The summed E-state index contributed by atoms with van der Waals surface area (Å²) in [5, 5.41) is 14.4. The van der Waals surface area contributed by atoms with E-state index in [1.54, 1.807) is 23.5 Å². The Morgan fingerprint density at radius 2 is 2.25 bits per heavy atom. The minimum absolute atomic E-state index is 0.294. The van der Waals surface area contributed by atoms with Crippen molar-refractivity contribution in [1.29, 1.82) is 0 Å². The SMILES string of the molecule is CCCc1cc(C(=O)O)cc(NCCc2cccs2)n1. The number of pyridine rings is 1. The van der Waals surface area contributed by atoms with Crippen molar-refractivity contribution < 1.29 is 9.90 Å². The molecule has 0 saturated carbocycles. The van der Waals surface area contributed by atoms with Crippen LogP contribution in [-0.2, 0) is 12.8 Å². The lowest BCUT2D eigenvalue weighted by Crippen LogP contribution is -2.09. The molecule has 0 saturated heterocycles. The van der Waals surface area contributed by atoms with Crippen LogP contribution in [0.15, 0.2) is 29.6 Å². The maximum Gasteiger partial charge on any atom is 0.335 e. The minimum Gasteiger partial charge on any atom is -0.478 e. The predicted octanol–water partition coefficient (Wildman–Crippen LogP) is 3.45. The van der Waals surface area contributed by atoms with E-state index in [0.29, 0.717) is 11.4 Å². The molecule has 0 bridgehead atoms. The van der Waals surface area contributed by atoms with Gasteiger partial charge >= 0.3 is 5.97 Å². The van der Waals surface area contributed by atoms with Gasteiger partial charge in [0.05, 0.1) is 5.56 Å². The Kier molecular flexibility index (Phi) is 5.12. The van der Waals surface area contributed by atoms with E-state index in [4.69, 9.17) is 5.11 Å². The molecule has 106 valence electrons. The third kappa shape index (κ3) is 4.06. The summed E-state index contributed by atoms with van der Waals surface area (Å²) in [6.07, 6.45) is 2.66. The van der Waals surface area contributed by atoms with Gasteiger partial charge in [0.15, 0.2) is 0 Å². The van der Waals surface area contributed by atoms with E-state index < -0.39 is 5.97 Å². The number of nitrogens with zero attached hydrogens (tertiary/aromatic N) is 1. The van der Waals surface area contributed by atoms with Crippen LogP contribution in [0.1, 0.15) is 34.3 Å². The van der Waals surface area contributed by atoms with Crippen LogP contribution >= 0.6 is 11.3 Å². The van der Waals surface area contributed by atoms with Crippen LogP contribution in [0, 0.1) is 0 Å². The summed E-state index contributed by atoms with van der Waals surface area (Å²) in [7, 11) is 0. The topological polar surface area (TPSA) is 62.2 Å². The lowest BCUT2D eigenvalue weighted by Gasteiger charge is -2.08. The van der Waals surface area contributed by atoms with Gasteiger partial charge in [-0.15, -0.1) is 11.3 Å². The number of nitrogens with one attached hydrogen (secondary N) is 1. The molecule has 0 unspecified atom stereocenters. The Labute approximate surface area is 122 Å². The molecular weight excluding hydrogens is 272 g/mol. The number of carboxylic acids is 1. The van der Waals surface area contributed by atoms with Crippen LogP contribution in [0.3, 0.4) is 0 Å². The Morgan fingerprint density at radius 1 is 1.40 bits per heavy atom. The molecule has 2 rings (SSSR count). The third-order valence-corrected chi connectivity index (χ3v) is 3.83. The molecule has 0 aromatic carbocycles. The first-order chi connectivity index (χ1) is 9.69. The summed E-state index contributed by atoms with van der Waals surface area (Å²) in [6, 6.07) is 7.37. The second-order valence-electron chi connectivity index (χ2n) is 4.54. The van der Waals surface area contributed by atoms with Gasteiger partial charge in [-0.3, -0.25) is 0 Å². The van der Waals surface area contributed by atoms with Crippen molar-refractivity contribution in [2.24, 2.45) is 0 Å². The van der Waals surface area contributed by atoms with E-state index in [9.17, 15) is 4.79 Å². The van der Waals surface area contributed by atoms with Crippen molar-refractivity contribution in [3.63, 3.8) is 0 Å².